The second-order valence-corrected chi connectivity index (χ2v) is 9.43. The molecule has 1 aromatic carbocycles. The van der Waals surface area contributed by atoms with Gasteiger partial charge in [-0.15, -0.1) is 0 Å². The maximum absolute atomic E-state index is 13.7. The summed E-state index contributed by atoms with van der Waals surface area (Å²) in [7, 11) is -4.04. The first-order valence-electron chi connectivity index (χ1n) is 9.00. The highest BCUT2D eigenvalue weighted by molar-refractivity contribution is 7.89. The van der Waals surface area contributed by atoms with Gasteiger partial charge in [0, 0.05) is 30.5 Å². The summed E-state index contributed by atoms with van der Waals surface area (Å²) in [6.07, 6.45) is -0.936. The number of hydrogen-bond acceptors (Lipinski definition) is 4. The van der Waals surface area contributed by atoms with Crippen LogP contribution in [0.25, 0.3) is 0 Å². The lowest BCUT2D eigenvalue weighted by molar-refractivity contribution is -0.128. The molecule has 3 rings (SSSR count). The van der Waals surface area contributed by atoms with Gasteiger partial charge in [0.1, 0.15) is 5.75 Å². The molecule has 1 fully saturated rings. The van der Waals surface area contributed by atoms with Crippen molar-refractivity contribution in [2.45, 2.75) is 62.5 Å². The minimum atomic E-state index is -4.04. The van der Waals surface area contributed by atoms with Crippen molar-refractivity contribution >= 4 is 15.9 Å². The molecule has 0 bridgehead atoms. The van der Waals surface area contributed by atoms with Gasteiger partial charge in [0.05, 0.1) is 11.4 Å². The molecular weight excluding hydrogens is 378 g/mol. The normalized spacial score (nSPS) is 25.1. The van der Waals surface area contributed by atoms with E-state index in [4.69, 9.17) is 4.74 Å². The number of alkyl halides is 2. The smallest absolute Gasteiger partial charge is 0.261 e. The molecule has 150 valence electrons. The van der Waals surface area contributed by atoms with Crippen LogP contribution in [-0.4, -0.2) is 49.8 Å². The minimum absolute atomic E-state index is 0.0475. The molecule has 1 N–H and O–H groups in total. The van der Waals surface area contributed by atoms with Crippen molar-refractivity contribution in [3.05, 3.63) is 23.8 Å². The van der Waals surface area contributed by atoms with Crippen LogP contribution in [0, 0.1) is 0 Å². The number of ether oxygens (including phenoxy) is 1. The summed E-state index contributed by atoms with van der Waals surface area (Å²) in [4.78, 5) is 12.2. The van der Waals surface area contributed by atoms with Gasteiger partial charge in [-0.05, 0) is 38.5 Å². The topological polar surface area (TPSA) is 75.7 Å². The van der Waals surface area contributed by atoms with Gasteiger partial charge in [0.15, 0.2) is 6.10 Å². The number of nitrogens with zero attached hydrogens (tertiary/aromatic N) is 1. The lowest BCUT2D eigenvalue weighted by Gasteiger charge is -2.31. The molecule has 0 aliphatic carbocycles. The van der Waals surface area contributed by atoms with Gasteiger partial charge in [0.25, 0.3) is 11.8 Å². The molecule has 0 spiro atoms. The summed E-state index contributed by atoms with van der Waals surface area (Å²) < 4.78 is 59.5. The third-order valence-corrected chi connectivity index (χ3v) is 6.71. The van der Waals surface area contributed by atoms with Crippen LogP contribution in [0.5, 0.6) is 5.75 Å². The fourth-order valence-electron chi connectivity index (χ4n) is 3.48. The number of fused-ring (bicyclic) bond motifs is 1. The largest absolute Gasteiger partial charge is 0.480 e. The van der Waals surface area contributed by atoms with Crippen molar-refractivity contribution in [2.24, 2.45) is 0 Å². The average molecular weight is 402 g/mol. The van der Waals surface area contributed by atoms with Crippen LogP contribution < -0.4 is 10.1 Å². The number of hydrogen-bond donors (Lipinski definition) is 1. The summed E-state index contributed by atoms with van der Waals surface area (Å²) in [5, 5.41) is 2.78. The third-order valence-electron chi connectivity index (χ3n) is 4.86. The monoisotopic (exact) mass is 402 g/mol. The van der Waals surface area contributed by atoms with E-state index in [9.17, 15) is 22.0 Å². The van der Waals surface area contributed by atoms with Gasteiger partial charge in [-0.3, -0.25) is 4.79 Å². The molecule has 27 heavy (non-hydrogen) atoms. The molecule has 2 atom stereocenters. The molecule has 2 heterocycles. The van der Waals surface area contributed by atoms with Gasteiger partial charge in [0.2, 0.25) is 10.0 Å². The van der Waals surface area contributed by atoms with E-state index in [1.807, 2.05) is 13.8 Å². The van der Waals surface area contributed by atoms with Crippen LogP contribution in [0.3, 0.4) is 0 Å². The summed E-state index contributed by atoms with van der Waals surface area (Å²) in [5.41, 5.74) is 0.587. The molecule has 0 aromatic heterocycles. The molecule has 0 saturated carbocycles. The Bertz CT molecular complexity index is 842. The number of sulfonamides is 1. The van der Waals surface area contributed by atoms with Crippen molar-refractivity contribution < 1.29 is 26.7 Å². The fourth-order valence-corrected chi connectivity index (χ4v) is 5.03. The molecule has 1 saturated heterocycles. The highest BCUT2D eigenvalue weighted by Crippen LogP contribution is 2.40. The zero-order valence-corrected chi connectivity index (χ0v) is 16.4. The summed E-state index contributed by atoms with van der Waals surface area (Å²) in [6, 6.07) is 4.22. The molecule has 1 aromatic rings. The van der Waals surface area contributed by atoms with E-state index >= 15 is 0 Å². The van der Waals surface area contributed by atoms with E-state index in [0.717, 1.165) is 4.31 Å². The fraction of sp³-hybridized carbons (Fsp3) is 0.611. The molecule has 6 nitrogen and oxygen atoms in total. The molecular formula is C18H24F2N2O4S. The number of carbonyl (C=O) groups excluding carboxylic acids is 1. The first-order valence-corrected chi connectivity index (χ1v) is 10.4. The van der Waals surface area contributed by atoms with Crippen molar-refractivity contribution in [2.75, 3.05) is 13.1 Å². The molecule has 9 heteroatoms. The van der Waals surface area contributed by atoms with Gasteiger partial charge < -0.3 is 10.1 Å². The SMILES string of the molecule is CC(C)NC(=O)C1Oc2ccc(S(=O)(=O)N3CCCC(F)(F)C3)cc2C1C. The van der Waals surface area contributed by atoms with Crippen LogP contribution in [0.4, 0.5) is 8.78 Å². The Labute approximate surface area is 157 Å². The van der Waals surface area contributed by atoms with E-state index in [-0.39, 0.29) is 42.1 Å². The first kappa shape index (κ1) is 20.0. The highest BCUT2D eigenvalue weighted by Gasteiger charge is 2.42. The van der Waals surface area contributed by atoms with Gasteiger partial charge in [-0.1, -0.05) is 6.92 Å². The summed E-state index contributed by atoms with van der Waals surface area (Å²) in [6.45, 7) is 4.72. The second-order valence-electron chi connectivity index (χ2n) is 7.49. The lowest BCUT2D eigenvalue weighted by atomic mass is 9.97. The Morgan fingerprint density at radius 2 is 2.07 bits per heavy atom. The Kier molecular flexibility index (Phi) is 5.20. The van der Waals surface area contributed by atoms with Gasteiger partial charge in [-0.2, -0.15) is 4.31 Å². The zero-order chi connectivity index (χ0) is 20.0. The van der Waals surface area contributed by atoms with Crippen LogP contribution in [0.15, 0.2) is 23.1 Å². The van der Waals surface area contributed by atoms with Crippen LogP contribution in [-0.2, 0) is 14.8 Å². The number of rotatable bonds is 4. The van der Waals surface area contributed by atoms with Crippen molar-refractivity contribution in [1.82, 2.24) is 9.62 Å². The van der Waals surface area contributed by atoms with Crippen molar-refractivity contribution in [3.8, 4) is 5.75 Å². The Balaban J connectivity index is 1.86. The first-order chi connectivity index (χ1) is 12.5. The lowest BCUT2D eigenvalue weighted by Crippen LogP contribution is -2.45. The maximum atomic E-state index is 13.7. The molecule has 1 amide bonds. The second kappa shape index (κ2) is 7.01. The van der Waals surface area contributed by atoms with E-state index in [2.05, 4.69) is 5.32 Å². The minimum Gasteiger partial charge on any atom is -0.480 e. The Hall–Kier alpha value is -1.74. The van der Waals surface area contributed by atoms with Crippen molar-refractivity contribution in [3.63, 3.8) is 0 Å². The molecule has 2 aliphatic rings. The predicted molar refractivity (Wildman–Crippen MR) is 95.5 cm³/mol. The van der Waals surface area contributed by atoms with Crippen molar-refractivity contribution in [1.29, 1.82) is 0 Å². The van der Waals surface area contributed by atoms with E-state index in [1.165, 1.54) is 18.2 Å². The average Bonchev–Trinajstić information content (AvgIpc) is 2.90. The number of nitrogens with one attached hydrogen (secondary N) is 1. The van der Waals surface area contributed by atoms with Crippen LogP contribution in [0.2, 0.25) is 0 Å². The molecule has 2 aliphatic heterocycles. The third kappa shape index (κ3) is 3.94. The zero-order valence-electron chi connectivity index (χ0n) is 15.5. The van der Waals surface area contributed by atoms with Gasteiger partial charge in [-0.25, -0.2) is 17.2 Å². The number of benzene rings is 1. The standard InChI is InChI=1S/C18H24F2N2O4S/c1-11(2)21-17(23)16-12(3)14-9-13(5-6-15(14)26-16)27(24,25)22-8-4-7-18(19,20)10-22/h5-6,9,11-12,16H,4,7-8,10H2,1-3H3,(H,21,23). The predicted octanol–water partition coefficient (Wildman–Crippen LogP) is 2.50. The Morgan fingerprint density at radius 1 is 1.37 bits per heavy atom. The summed E-state index contributed by atoms with van der Waals surface area (Å²) >= 11 is 0. The van der Waals surface area contributed by atoms with E-state index in [1.54, 1.807) is 6.92 Å². The van der Waals surface area contributed by atoms with E-state index < -0.39 is 28.6 Å². The number of piperidine rings is 1. The quantitative estimate of drug-likeness (QED) is 0.840. The van der Waals surface area contributed by atoms with E-state index in [0.29, 0.717) is 11.3 Å². The van der Waals surface area contributed by atoms with Gasteiger partial charge >= 0.3 is 0 Å². The van der Waals surface area contributed by atoms with Crippen LogP contribution in [0.1, 0.15) is 45.1 Å². The molecule has 2 unspecified atom stereocenters. The molecule has 0 radical (unpaired) electrons. The number of amides is 1. The highest BCUT2D eigenvalue weighted by atomic mass is 32.2. The summed E-state index contributed by atoms with van der Waals surface area (Å²) in [5.74, 6) is -3.20. The Morgan fingerprint density at radius 3 is 2.70 bits per heavy atom. The number of halogens is 2. The van der Waals surface area contributed by atoms with Crippen LogP contribution >= 0.6 is 0 Å². The maximum Gasteiger partial charge on any atom is 0.261 e. The number of carbonyl (C=O) groups is 1.